The maximum Gasteiger partial charge on any atom is 0.207 e. The molecular formula is C13H21NO3. The van der Waals surface area contributed by atoms with Gasteiger partial charge < -0.3 is 5.32 Å². The van der Waals surface area contributed by atoms with Gasteiger partial charge in [0.1, 0.15) is 11.8 Å². The number of ketones is 2. The fraction of sp³-hybridized carbons (Fsp3) is 0.615. The molecule has 0 fully saturated rings. The second kappa shape index (κ2) is 7.76. The summed E-state index contributed by atoms with van der Waals surface area (Å²) in [4.78, 5) is 33.4. The first-order valence-electron chi connectivity index (χ1n) is 5.83. The normalized spacial score (nSPS) is 13.1. The Balaban J connectivity index is 4.44. The van der Waals surface area contributed by atoms with E-state index in [2.05, 4.69) is 5.32 Å². The van der Waals surface area contributed by atoms with Gasteiger partial charge in [0.25, 0.3) is 0 Å². The van der Waals surface area contributed by atoms with E-state index in [4.69, 9.17) is 0 Å². The summed E-state index contributed by atoms with van der Waals surface area (Å²) in [6.07, 6.45) is 4.01. The van der Waals surface area contributed by atoms with E-state index in [0.717, 1.165) is 0 Å². The monoisotopic (exact) mass is 239 g/mol. The lowest BCUT2D eigenvalue weighted by molar-refractivity contribution is -0.124. The SMILES string of the molecule is CC(C)C(=O)C/C=C/[C@H](NC=O)C(=O)C(C)C. The van der Waals surface area contributed by atoms with Gasteiger partial charge in [0, 0.05) is 18.3 Å². The first-order chi connectivity index (χ1) is 7.90. The molecule has 0 aliphatic carbocycles. The molecule has 4 nitrogen and oxygen atoms in total. The van der Waals surface area contributed by atoms with Crippen LogP contribution in [0.5, 0.6) is 0 Å². The fourth-order valence-corrected chi connectivity index (χ4v) is 1.22. The largest absolute Gasteiger partial charge is 0.345 e. The van der Waals surface area contributed by atoms with Crippen LogP contribution >= 0.6 is 0 Å². The van der Waals surface area contributed by atoms with Gasteiger partial charge in [-0.15, -0.1) is 0 Å². The topological polar surface area (TPSA) is 63.2 Å². The van der Waals surface area contributed by atoms with Crippen LogP contribution in [-0.2, 0) is 14.4 Å². The molecule has 0 aliphatic rings. The number of carbonyl (C=O) groups excluding carboxylic acids is 3. The van der Waals surface area contributed by atoms with E-state index >= 15 is 0 Å². The summed E-state index contributed by atoms with van der Waals surface area (Å²) >= 11 is 0. The van der Waals surface area contributed by atoms with Crippen molar-refractivity contribution in [2.45, 2.75) is 40.2 Å². The Kier molecular flexibility index (Phi) is 7.10. The Hall–Kier alpha value is -1.45. The maximum absolute atomic E-state index is 11.7. The van der Waals surface area contributed by atoms with E-state index in [0.29, 0.717) is 12.8 Å². The molecule has 0 radical (unpaired) electrons. The smallest absolute Gasteiger partial charge is 0.207 e. The number of carbonyl (C=O) groups is 3. The molecule has 0 aromatic carbocycles. The Morgan fingerprint density at radius 3 is 2.12 bits per heavy atom. The Morgan fingerprint density at radius 1 is 1.12 bits per heavy atom. The molecule has 0 aliphatic heterocycles. The Labute approximate surface area is 102 Å². The lowest BCUT2D eigenvalue weighted by Gasteiger charge is -2.12. The Bertz CT molecular complexity index is 306. The highest BCUT2D eigenvalue weighted by molar-refractivity contribution is 5.89. The molecule has 0 heterocycles. The van der Waals surface area contributed by atoms with Gasteiger partial charge in [0.2, 0.25) is 6.41 Å². The summed E-state index contributed by atoms with van der Waals surface area (Å²) in [5.74, 6) is -0.121. The molecule has 0 spiro atoms. The predicted molar refractivity (Wildman–Crippen MR) is 66.4 cm³/mol. The van der Waals surface area contributed by atoms with Gasteiger partial charge >= 0.3 is 0 Å². The predicted octanol–water partition coefficient (Wildman–Crippen LogP) is 1.50. The second-order valence-corrected chi connectivity index (χ2v) is 4.57. The summed E-state index contributed by atoms with van der Waals surface area (Å²) in [6, 6.07) is -0.632. The van der Waals surface area contributed by atoms with Crippen molar-refractivity contribution in [3.05, 3.63) is 12.2 Å². The van der Waals surface area contributed by atoms with E-state index < -0.39 is 6.04 Å². The van der Waals surface area contributed by atoms with Crippen molar-refractivity contribution in [3.63, 3.8) is 0 Å². The number of allylic oxidation sites excluding steroid dienone is 1. The number of nitrogens with one attached hydrogen (secondary N) is 1. The highest BCUT2D eigenvalue weighted by atomic mass is 16.1. The molecule has 0 aromatic rings. The average Bonchev–Trinajstić information content (AvgIpc) is 2.26. The third-order valence-electron chi connectivity index (χ3n) is 2.41. The number of Topliss-reactive ketones (excluding diaryl/α,β-unsaturated/α-hetero) is 2. The zero-order valence-electron chi connectivity index (χ0n) is 10.9. The van der Waals surface area contributed by atoms with Gasteiger partial charge in [0.05, 0.1) is 0 Å². The lowest BCUT2D eigenvalue weighted by Crippen LogP contribution is -2.36. The summed E-state index contributed by atoms with van der Waals surface area (Å²) < 4.78 is 0. The van der Waals surface area contributed by atoms with Gasteiger partial charge in [-0.05, 0) is 0 Å². The van der Waals surface area contributed by atoms with Crippen LogP contribution in [0.3, 0.4) is 0 Å². The molecule has 1 amide bonds. The van der Waals surface area contributed by atoms with Crippen LogP contribution in [0.4, 0.5) is 0 Å². The summed E-state index contributed by atoms with van der Waals surface area (Å²) in [7, 11) is 0. The molecule has 1 N–H and O–H groups in total. The standard InChI is InChI=1S/C13H21NO3/c1-9(2)12(16)7-5-6-11(14-8-15)13(17)10(3)4/h5-6,8-11H,7H2,1-4H3,(H,14,15)/b6-5+/t11-/m0/s1. The quantitative estimate of drug-likeness (QED) is 0.515. The van der Waals surface area contributed by atoms with Crippen LogP contribution in [0.1, 0.15) is 34.1 Å². The van der Waals surface area contributed by atoms with Crippen molar-refractivity contribution in [3.8, 4) is 0 Å². The van der Waals surface area contributed by atoms with E-state index in [-0.39, 0.29) is 23.4 Å². The van der Waals surface area contributed by atoms with Crippen molar-refractivity contribution >= 4 is 18.0 Å². The van der Waals surface area contributed by atoms with Gasteiger partial charge in [-0.2, -0.15) is 0 Å². The highest BCUT2D eigenvalue weighted by Gasteiger charge is 2.17. The molecular weight excluding hydrogens is 218 g/mol. The molecule has 0 unspecified atom stereocenters. The van der Waals surface area contributed by atoms with Gasteiger partial charge in [-0.1, -0.05) is 39.8 Å². The van der Waals surface area contributed by atoms with Crippen LogP contribution in [0.25, 0.3) is 0 Å². The zero-order valence-corrected chi connectivity index (χ0v) is 10.9. The number of rotatable bonds is 8. The molecule has 0 bridgehead atoms. The van der Waals surface area contributed by atoms with Crippen LogP contribution < -0.4 is 5.32 Å². The van der Waals surface area contributed by atoms with E-state index in [1.807, 2.05) is 13.8 Å². The van der Waals surface area contributed by atoms with E-state index in [1.54, 1.807) is 26.0 Å². The molecule has 0 aromatic heterocycles. The minimum absolute atomic E-state index is 0.0158. The first-order valence-corrected chi connectivity index (χ1v) is 5.83. The number of amides is 1. The minimum atomic E-state index is -0.632. The van der Waals surface area contributed by atoms with Crippen molar-refractivity contribution < 1.29 is 14.4 Å². The number of hydrogen-bond acceptors (Lipinski definition) is 3. The molecule has 0 saturated heterocycles. The fourth-order valence-electron chi connectivity index (χ4n) is 1.22. The zero-order chi connectivity index (χ0) is 13.4. The van der Waals surface area contributed by atoms with Gasteiger partial charge in [0.15, 0.2) is 5.78 Å². The van der Waals surface area contributed by atoms with Crippen LogP contribution in [-0.4, -0.2) is 24.0 Å². The van der Waals surface area contributed by atoms with Crippen molar-refractivity contribution in [2.24, 2.45) is 11.8 Å². The van der Waals surface area contributed by atoms with Crippen LogP contribution in [0.15, 0.2) is 12.2 Å². The van der Waals surface area contributed by atoms with Crippen LogP contribution in [0.2, 0.25) is 0 Å². The third kappa shape index (κ3) is 6.00. The van der Waals surface area contributed by atoms with E-state index in [1.165, 1.54) is 0 Å². The minimum Gasteiger partial charge on any atom is -0.345 e. The maximum atomic E-state index is 11.7. The molecule has 96 valence electrons. The van der Waals surface area contributed by atoms with E-state index in [9.17, 15) is 14.4 Å². The number of hydrogen-bond donors (Lipinski definition) is 1. The summed E-state index contributed by atoms with van der Waals surface area (Å²) in [5, 5.41) is 2.44. The molecule has 17 heavy (non-hydrogen) atoms. The average molecular weight is 239 g/mol. The summed E-state index contributed by atoms with van der Waals surface area (Å²) in [5.41, 5.74) is 0. The van der Waals surface area contributed by atoms with Crippen LogP contribution in [0, 0.1) is 11.8 Å². The molecule has 0 rings (SSSR count). The first kappa shape index (κ1) is 15.6. The van der Waals surface area contributed by atoms with Crippen molar-refractivity contribution in [1.82, 2.24) is 5.32 Å². The second-order valence-electron chi connectivity index (χ2n) is 4.57. The summed E-state index contributed by atoms with van der Waals surface area (Å²) in [6.45, 7) is 7.21. The Morgan fingerprint density at radius 2 is 1.71 bits per heavy atom. The van der Waals surface area contributed by atoms with Crippen molar-refractivity contribution in [2.75, 3.05) is 0 Å². The molecule has 4 heteroatoms. The van der Waals surface area contributed by atoms with Crippen molar-refractivity contribution in [1.29, 1.82) is 0 Å². The highest BCUT2D eigenvalue weighted by Crippen LogP contribution is 2.04. The third-order valence-corrected chi connectivity index (χ3v) is 2.41. The van der Waals surface area contributed by atoms with Gasteiger partial charge in [-0.25, -0.2) is 0 Å². The van der Waals surface area contributed by atoms with Gasteiger partial charge in [-0.3, -0.25) is 14.4 Å². The lowest BCUT2D eigenvalue weighted by atomic mass is 10.0. The molecule has 1 atom stereocenters. The molecule has 0 saturated carbocycles.